The van der Waals surface area contributed by atoms with Gasteiger partial charge in [0.2, 0.25) is 0 Å². The Labute approximate surface area is 116 Å². The highest BCUT2D eigenvalue weighted by molar-refractivity contribution is 6.10. The SMILES string of the molecule is CCc1cc2ccc(C(=O)c3ccc(O)cc3)cc2o1. The first kappa shape index (κ1) is 12.5. The van der Waals surface area contributed by atoms with Gasteiger partial charge in [-0.2, -0.15) is 0 Å². The van der Waals surface area contributed by atoms with Crippen molar-refractivity contribution >= 4 is 16.8 Å². The highest BCUT2D eigenvalue weighted by Crippen LogP contribution is 2.23. The molecule has 3 rings (SSSR count). The third-order valence-electron chi connectivity index (χ3n) is 3.31. The van der Waals surface area contributed by atoms with Crippen molar-refractivity contribution < 1.29 is 14.3 Å². The summed E-state index contributed by atoms with van der Waals surface area (Å²) in [6, 6.07) is 13.7. The second-order valence-corrected chi connectivity index (χ2v) is 4.69. The molecule has 1 N–H and O–H groups in total. The topological polar surface area (TPSA) is 50.4 Å². The highest BCUT2D eigenvalue weighted by atomic mass is 16.3. The Balaban J connectivity index is 2.00. The lowest BCUT2D eigenvalue weighted by atomic mass is 10.0. The zero-order valence-electron chi connectivity index (χ0n) is 11.1. The molecule has 3 aromatic rings. The van der Waals surface area contributed by atoms with Gasteiger partial charge in [-0.25, -0.2) is 0 Å². The summed E-state index contributed by atoms with van der Waals surface area (Å²) in [5, 5.41) is 10.3. The minimum Gasteiger partial charge on any atom is -0.508 e. The number of hydrogen-bond donors (Lipinski definition) is 1. The monoisotopic (exact) mass is 266 g/mol. The zero-order valence-corrected chi connectivity index (χ0v) is 11.1. The molecule has 0 atom stereocenters. The van der Waals surface area contributed by atoms with Crippen LogP contribution in [0.1, 0.15) is 28.6 Å². The van der Waals surface area contributed by atoms with Crippen LogP contribution in [0.15, 0.2) is 52.9 Å². The largest absolute Gasteiger partial charge is 0.508 e. The van der Waals surface area contributed by atoms with Crippen molar-refractivity contribution in [3.05, 3.63) is 65.4 Å². The number of carbonyl (C=O) groups excluding carboxylic acids is 1. The Morgan fingerprint density at radius 2 is 1.75 bits per heavy atom. The highest BCUT2D eigenvalue weighted by Gasteiger charge is 2.11. The summed E-state index contributed by atoms with van der Waals surface area (Å²) in [4.78, 5) is 12.4. The molecular formula is C17H14O3. The van der Waals surface area contributed by atoms with E-state index in [0.29, 0.717) is 11.1 Å². The van der Waals surface area contributed by atoms with Gasteiger partial charge in [-0.15, -0.1) is 0 Å². The summed E-state index contributed by atoms with van der Waals surface area (Å²) >= 11 is 0. The Morgan fingerprint density at radius 3 is 2.45 bits per heavy atom. The normalized spacial score (nSPS) is 10.8. The van der Waals surface area contributed by atoms with Gasteiger partial charge in [-0.05, 0) is 36.4 Å². The third-order valence-corrected chi connectivity index (χ3v) is 3.31. The zero-order chi connectivity index (χ0) is 14.1. The molecule has 0 bridgehead atoms. The van der Waals surface area contributed by atoms with Gasteiger partial charge in [0.05, 0.1) is 0 Å². The molecule has 0 fully saturated rings. The standard InChI is InChI=1S/C17H14O3/c1-2-15-9-12-3-4-13(10-16(12)20-15)17(19)11-5-7-14(18)8-6-11/h3-10,18H,2H2,1H3. The lowest BCUT2D eigenvalue weighted by molar-refractivity contribution is 0.103. The molecular weight excluding hydrogens is 252 g/mol. The lowest BCUT2D eigenvalue weighted by Gasteiger charge is -2.01. The molecule has 3 heteroatoms. The first-order chi connectivity index (χ1) is 9.67. The first-order valence-corrected chi connectivity index (χ1v) is 6.53. The number of carbonyl (C=O) groups is 1. The van der Waals surface area contributed by atoms with E-state index in [0.717, 1.165) is 23.2 Å². The van der Waals surface area contributed by atoms with Crippen LogP contribution < -0.4 is 0 Å². The smallest absolute Gasteiger partial charge is 0.193 e. The number of rotatable bonds is 3. The maximum Gasteiger partial charge on any atom is 0.193 e. The number of phenols is 1. The van der Waals surface area contributed by atoms with Crippen molar-refractivity contribution in [2.75, 3.05) is 0 Å². The predicted octanol–water partition coefficient (Wildman–Crippen LogP) is 3.93. The van der Waals surface area contributed by atoms with Crippen molar-refractivity contribution in [3.8, 4) is 5.75 Å². The fourth-order valence-electron chi connectivity index (χ4n) is 2.18. The van der Waals surface area contributed by atoms with Crippen LogP contribution in [0.5, 0.6) is 5.75 Å². The Kier molecular flexibility index (Phi) is 3.03. The molecule has 100 valence electrons. The average Bonchev–Trinajstić information content (AvgIpc) is 2.89. The number of benzene rings is 2. The van der Waals surface area contributed by atoms with Crippen LogP contribution in [0.3, 0.4) is 0 Å². The number of aromatic hydroxyl groups is 1. The van der Waals surface area contributed by atoms with Crippen LogP contribution in [-0.2, 0) is 6.42 Å². The van der Waals surface area contributed by atoms with Gasteiger partial charge < -0.3 is 9.52 Å². The van der Waals surface area contributed by atoms with E-state index in [9.17, 15) is 9.90 Å². The van der Waals surface area contributed by atoms with Crippen molar-refractivity contribution in [2.45, 2.75) is 13.3 Å². The van der Waals surface area contributed by atoms with Gasteiger partial charge in [-0.1, -0.05) is 19.1 Å². The van der Waals surface area contributed by atoms with E-state index >= 15 is 0 Å². The van der Waals surface area contributed by atoms with Crippen LogP contribution in [0.2, 0.25) is 0 Å². The van der Waals surface area contributed by atoms with Crippen molar-refractivity contribution in [2.24, 2.45) is 0 Å². The Hall–Kier alpha value is -2.55. The number of ketones is 1. The van der Waals surface area contributed by atoms with Crippen molar-refractivity contribution in [1.29, 1.82) is 0 Å². The fraction of sp³-hybridized carbons (Fsp3) is 0.118. The van der Waals surface area contributed by atoms with Gasteiger partial charge in [-0.3, -0.25) is 4.79 Å². The Bertz CT molecular complexity index is 767. The Morgan fingerprint density at radius 1 is 1.05 bits per heavy atom. The van der Waals surface area contributed by atoms with E-state index < -0.39 is 0 Å². The third kappa shape index (κ3) is 2.18. The molecule has 0 aliphatic carbocycles. The van der Waals surface area contributed by atoms with Gasteiger partial charge in [0, 0.05) is 22.9 Å². The maximum atomic E-state index is 12.4. The average molecular weight is 266 g/mol. The van der Waals surface area contributed by atoms with Crippen LogP contribution >= 0.6 is 0 Å². The van der Waals surface area contributed by atoms with E-state index in [1.807, 2.05) is 19.1 Å². The number of hydrogen-bond acceptors (Lipinski definition) is 3. The number of aryl methyl sites for hydroxylation is 1. The second kappa shape index (κ2) is 4.85. The maximum absolute atomic E-state index is 12.4. The molecule has 0 aliphatic heterocycles. The molecule has 1 aromatic heterocycles. The lowest BCUT2D eigenvalue weighted by Crippen LogP contribution is -2.00. The van der Waals surface area contributed by atoms with E-state index in [4.69, 9.17) is 4.42 Å². The molecule has 0 spiro atoms. The van der Waals surface area contributed by atoms with Crippen LogP contribution in [-0.4, -0.2) is 10.9 Å². The summed E-state index contributed by atoms with van der Waals surface area (Å²) in [6.07, 6.45) is 0.829. The van der Waals surface area contributed by atoms with E-state index in [1.54, 1.807) is 24.3 Å². The number of furan rings is 1. The molecule has 2 aromatic carbocycles. The molecule has 0 unspecified atom stereocenters. The number of fused-ring (bicyclic) bond motifs is 1. The van der Waals surface area contributed by atoms with E-state index in [1.165, 1.54) is 12.1 Å². The first-order valence-electron chi connectivity index (χ1n) is 6.53. The quantitative estimate of drug-likeness (QED) is 0.731. The van der Waals surface area contributed by atoms with Crippen LogP contribution in [0.4, 0.5) is 0 Å². The fourth-order valence-corrected chi connectivity index (χ4v) is 2.18. The summed E-state index contributed by atoms with van der Waals surface area (Å²) in [7, 11) is 0. The van der Waals surface area contributed by atoms with E-state index in [-0.39, 0.29) is 11.5 Å². The van der Waals surface area contributed by atoms with Crippen LogP contribution in [0.25, 0.3) is 11.0 Å². The predicted molar refractivity (Wildman–Crippen MR) is 77.1 cm³/mol. The van der Waals surface area contributed by atoms with E-state index in [2.05, 4.69) is 0 Å². The molecule has 0 saturated carbocycles. The molecule has 3 nitrogen and oxygen atoms in total. The molecule has 0 aliphatic rings. The molecule has 1 heterocycles. The molecule has 20 heavy (non-hydrogen) atoms. The van der Waals surface area contributed by atoms with Crippen molar-refractivity contribution in [3.63, 3.8) is 0 Å². The molecule has 0 saturated heterocycles. The summed E-state index contributed by atoms with van der Waals surface area (Å²) in [5.74, 6) is 0.978. The van der Waals surface area contributed by atoms with Gasteiger partial charge in [0.1, 0.15) is 17.1 Å². The minimum absolute atomic E-state index is 0.0821. The van der Waals surface area contributed by atoms with Crippen molar-refractivity contribution in [1.82, 2.24) is 0 Å². The van der Waals surface area contributed by atoms with Crippen LogP contribution in [0, 0.1) is 0 Å². The molecule has 0 amide bonds. The second-order valence-electron chi connectivity index (χ2n) is 4.69. The van der Waals surface area contributed by atoms with Gasteiger partial charge >= 0.3 is 0 Å². The van der Waals surface area contributed by atoms with Gasteiger partial charge in [0.15, 0.2) is 5.78 Å². The summed E-state index contributed by atoms with van der Waals surface area (Å²) < 4.78 is 5.67. The number of phenolic OH excluding ortho intramolecular Hbond substituents is 1. The summed E-state index contributed by atoms with van der Waals surface area (Å²) in [6.45, 7) is 2.03. The summed E-state index contributed by atoms with van der Waals surface area (Å²) in [5.41, 5.74) is 1.86. The minimum atomic E-state index is -0.0821. The molecule has 0 radical (unpaired) electrons. The van der Waals surface area contributed by atoms with Gasteiger partial charge in [0.25, 0.3) is 0 Å².